The first-order chi connectivity index (χ1) is 3.75. The number of Topliss-reactive ketones (excluding diaryl/α,β-unsaturated/α-hetero) is 1. The molecule has 1 saturated carbocycles. The fourth-order valence-electron chi connectivity index (χ4n) is 0.523. The summed E-state index contributed by atoms with van der Waals surface area (Å²) in [7, 11) is 1.41. The lowest BCUT2D eigenvalue weighted by Crippen LogP contribution is -2.02. The number of hydrogen-bond acceptors (Lipinski definition) is 3. The third kappa shape index (κ3) is 0.710. The van der Waals surface area contributed by atoms with E-state index in [1.807, 2.05) is 0 Å². The number of carbonyl (C=O) groups excluding carboxylic acids is 1. The Morgan fingerprint density at radius 2 is 2.50 bits per heavy atom. The first-order valence-electron chi connectivity index (χ1n) is 2.41. The van der Waals surface area contributed by atoms with Gasteiger partial charge in [0.25, 0.3) is 0 Å². The fourth-order valence-corrected chi connectivity index (χ4v) is 0.523. The Morgan fingerprint density at radius 3 is 2.62 bits per heavy atom. The van der Waals surface area contributed by atoms with E-state index in [0.29, 0.717) is 6.42 Å². The van der Waals surface area contributed by atoms with Gasteiger partial charge < -0.3 is 4.74 Å². The Labute approximate surface area is 47.2 Å². The maximum atomic E-state index is 10.3. The van der Waals surface area contributed by atoms with E-state index in [1.54, 1.807) is 0 Å². The van der Waals surface area contributed by atoms with E-state index in [0.717, 1.165) is 0 Å². The van der Waals surface area contributed by atoms with E-state index >= 15 is 0 Å². The Balaban J connectivity index is 2.39. The lowest BCUT2D eigenvalue weighted by atomic mass is 10.4. The smallest absolute Gasteiger partial charge is 0.191 e. The summed E-state index contributed by atoms with van der Waals surface area (Å²) in [6.45, 7) is 0. The van der Waals surface area contributed by atoms with Crippen LogP contribution in [0.4, 0.5) is 0 Å². The maximum absolute atomic E-state index is 10.3. The molecule has 8 heavy (non-hydrogen) atoms. The van der Waals surface area contributed by atoms with Crippen molar-refractivity contribution in [1.29, 1.82) is 5.41 Å². The Bertz CT molecular complexity index is 141. The first kappa shape index (κ1) is 5.28. The van der Waals surface area contributed by atoms with Crippen LogP contribution >= 0.6 is 0 Å². The minimum Gasteiger partial charge on any atom is -0.484 e. The standard InChI is InChI=1S/C5H7NO2/c1-8-5(6)3-2-4(3)7/h3,6H,2H2,1H3. The monoisotopic (exact) mass is 113 g/mol. The highest BCUT2D eigenvalue weighted by molar-refractivity contribution is 6.12. The van der Waals surface area contributed by atoms with Crippen molar-refractivity contribution in [2.75, 3.05) is 7.11 Å². The summed E-state index contributed by atoms with van der Waals surface area (Å²) in [6, 6.07) is 0. The average molecular weight is 113 g/mol. The molecule has 1 rings (SSSR count). The molecule has 0 aromatic carbocycles. The molecule has 1 atom stereocenters. The summed E-state index contributed by atoms with van der Waals surface area (Å²) in [5.74, 6) is 0.0341. The molecule has 0 bridgehead atoms. The zero-order chi connectivity index (χ0) is 6.15. The van der Waals surface area contributed by atoms with Crippen LogP contribution < -0.4 is 0 Å². The number of rotatable bonds is 1. The van der Waals surface area contributed by atoms with Crippen LogP contribution in [-0.2, 0) is 9.53 Å². The van der Waals surface area contributed by atoms with Crippen LogP contribution in [0, 0.1) is 11.3 Å². The molecule has 44 valence electrons. The van der Waals surface area contributed by atoms with Gasteiger partial charge in [-0.25, -0.2) is 0 Å². The molecule has 0 radical (unpaired) electrons. The Hall–Kier alpha value is -0.860. The van der Waals surface area contributed by atoms with Gasteiger partial charge in [-0.2, -0.15) is 0 Å². The second kappa shape index (κ2) is 1.58. The van der Waals surface area contributed by atoms with E-state index in [2.05, 4.69) is 4.74 Å². The molecule has 1 aliphatic carbocycles. The van der Waals surface area contributed by atoms with Crippen molar-refractivity contribution >= 4 is 11.7 Å². The maximum Gasteiger partial charge on any atom is 0.191 e. The highest BCUT2D eigenvalue weighted by Crippen LogP contribution is 2.24. The average Bonchev–Trinajstić information content (AvgIpc) is 2.45. The van der Waals surface area contributed by atoms with Crippen molar-refractivity contribution in [3.8, 4) is 0 Å². The van der Waals surface area contributed by atoms with Gasteiger partial charge in [-0.05, 0) is 0 Å². The number of nitrogens with one attached hydrogen (secondary N) is 1. The number of ketones is 1. The van der Waals surface area contributed by atoms with E-state index in [9.17, 15) is 4.79 Å². The summed E-state index contributed by atoms with van der Waals surface area (Å²) in [5, 5.41) is 6.94. The molecule has 0 aromatic rings. The highest BCUT2D eigenvalue weighted by atomic mass is 16.5. The molecule has 0 saturated heterocycles. The van der Waals surface area contributed by atoms with Crippen LogP contribution in [0.3, 0.4) is 0 Å². The number of hydrogen-bond donors (Lipinski definition) is 1. The highest BCUT2D eigenvalue weighted by Gasteiger charge is 2.39. The molecule has 0 aromatic heterocycles. The first-order valence-corrected chi connectivity index (χ1v) is 2.41. The van der Waals surface area contributed by atoms with Crippen LogP contribution in [0.15, 0.2) is 0 Å². The minimum absolute atomic E-state index is 0.106. The molecule has 0 amide bonds. The summed E-state index contributed by atoms with van der Waals surface area (Å²) < 4.78 is 4.51. The van der Waals surface area contributed by atoms with Gasteiger partial charge in [0.1, 0.15) is 11.7 Å². The lowest BCUT2D eigenvalue weighted by molar-refractivity contribution is -0.110. The minimum atomic E-state index is -0.194. The summed E-state index contributed by atoms with van der Waals surface area (Å²) >= 11 is 0. The van der Waals surface area contributed by atoms with Crippen LogP contribution in [0.25, 0.3) is 0 Å². The van der Waals surface area contributed by atoms with Crippen molar-refractivity contribution in [3.05, 3.63) is 0 Å². The topological polar surface area (TPSA) is 50.1 Å². The van der Waals surface area contributed by atoms with E-state index in [-0.39, 0.29) is 17.6 Å². The van der Waals surface area contributed by atoms with Gasteiger partial charge in [0, 0.05) is 6.42 Å². The normalized spacial score (nSPS) is 25.1. The SMILES string of the molecule is COC(=N)C1CC1=O. The lowest BCUT2D eigenvalue weighted by Gasteiger charge is -1.93. The second-order valence-corrected chi connectivity index (χ2v) is 1.79. The third-order valence-corrected chi connectivity index (χ3v) is 1.17. The molecule has 1 N–H and O–H groups in total. The van der Waals surface area contributed by atoms with Gasteiger partial charge in [0.15, 0.2) is 5.90 Å². The van der Waals surface area contributed by atoms with Gasteiger partial charge in [-0.3, -0.25) is 10.2 Å². The molecule has 0 heterocycles. The molecular formula is C5H7NO2. The molecule has 3 heteroatoms. The van der Waals surface area contributed by atoms with Crippen molar-refractivity contribution in [3.63, 3.8) is 0 Å². The van der Waals surface area contributed by atoms with E-state index in [1.165, 1.54) is 7.11 Å². The van der Waals surface area contributed by atoms with Crippen molar-refractivity contribution < 1.29 is 9.53 Å². The van der Waals surface area contributed by atoms with Crippen LogP contribution in [0.1, 0.15) is 6.42 Å². The van der Waals surface area contributed by atoms with Crippen LogP contribution in [0.5, 0.6) is 0 Å². The Morgan fingerprint density at radius 1 is 2.00 bits per heavy atom. The molecule has 0 spiro atoms. The van der Waals surface area contributed by atoms with Crippen LogP contribution in [-0.4, -0.2) is 18.8 Å². The largest absolute Gasteiger partial charge is 0.484 e. The molecule has 1 unspecified atom stereocenters. The van der Waals surface area contributed by atoms with E-state index in [4.69, 9.17) is 5.41 Å². The number of methoxy groups -OCH3 is 1. The Kier molecular flexibility index (Phi) is 1.04. The van der Waals surface area contributed by atoms with Crippen molar-refractivity contribution in [2.45, 2.75) is 6.42 Å². The molecular weight excluding hydrogens is 106 g/mol. The van der Waals surface area contributed by atoms with Crippen molar-refractivity contribution in [2.24, 2.45) is 5.92 Å². The zero-order valence-electron chi connectivity index (χ0n) is 4.60. The summed E-state index contributed by atoms with van der Waals surface area (Å²) in [4.78, 5) is 10.3. The zero-order valence-corrected chi connectivity index (χ0v) is 4.60. The number of ether oxygens (including phenoxy) is 1. The second-order valence-electron chi connectivity index (χ2n) is 1.79. The van der Waals surface area contributed by atoms with Crippen LogP contribution in [0.2, 0.25) is 0 Å². The predicted molar refractivity (Wildman–Crippen MR) is 27.8 cm³/mol. The molecule has 0 aliphatic heterocycles. The van der Waals surface area contributed by atoms with Gasteiger partial charge in [0.2, 0.25) is 0 Å². The van der Waals surface area contributed by atoms with Crippen molar-refractivity contribution in [1.82, 2.24) is 0 Å². The summed E-state index contributed by atoms with van der Waals surface area (Å²) in [6.07, 6.45) is 0.507. The summed E-state index contributed by atoms with van der Waals surface area (Å²) in [5.41, 5.74) is 0. The molecule has 1 aliphatic rings. The molecule has 3 nitrogen and oxygen atoms in total. The van der Waals surface area contributed by atoms with Gasteiger partial charge >= 0.3 is 0 Å². The third-order valence-electron chi connectivity index (χ3n) is 1.17. The van der Waals surface area contributed by atoms with Gasteiger partial charge in [-0.1, -0.05) is 0 Å². The fraction of sp³-hybridized carbons (Fsp3) is 0.600. The van der Waals surface area contributed by atoms with Gasteiger partial charge in [-0.15, -0.1) is 0 Å². The quantitative estimate of drug-likeness (QED) is 0.390. The van der Waals surface area contributed by atoms with E-state index < -0.39 is 0 Å². The molecule has 1 fully saturated rings. The number of carbonyl (C=O) groups is 1. The van der Waals surface area contributed by atoms with Gasteiger partial charge in [0.05, 0.1) is 7.11 Å². The predicted octanol–water partition coefficient (Wildman–Crippen LogP) is 0.199.